The van der Waals surface area contributed by atoms with Crippen molar-refractivity contribution in [3.63, 3.8) is 0 Å². The number of rotatable bonds is 6. The van der Waals surface area contributed by atoms with Crippen LogP contribution in [0.1, 0.15) is 12.5 Å². The topological polar surface area (TPSA) is 70.7 Å². The molecule has 0 unspecified atom stereocenters. The summed E-state index contributed by atoms with van der Waals surface area (Å²) in [7, 11) is 0. The van der Waals surface area contributed by atoms with Gasteiger partial charge in [-0.1, -0.05) is 43.0 Å². The Morgan fingerprint density at radius 1 is 1.30 bits per heavy atom. The molecule has 124 valence electrons. The molecule has 1 aromatic heterocycles. The van der Waals surface area contributed by atoms with Crippen molar-refractivity contribution in [2.45, 2.75) is 24.7 Å². The molecule has 0 spiro atoms. The third kappa shape index (κ3) is 5.59. The summed E-state index contributed by atoms with van der Waals surface area (Å²) >= 11 is 0.969. The molecule has 0 saturated carbocycles. The van der Waals surface area contributed by atoms with Crippen LogP contribution in [-0.4, -0.2) is 39.6 Å². The highest BCUT2D eigenvalue weighted by Crippen LogP contribution is 2.20. The lowest BCUT2D eigenvalue weighted by molar-refractivity contribution is -0.136. The third-order valence-corrected chi connectivity index (χ3v) is 3.77. The molecule has 9 heteroatoms. The number of H-pyrrole nitrogens is 1. The molecule has 2 aromatic rings. The van der Waals surface area contributed by atoms with Crippen LogP contribution in [0.4, 0.5) is 13.2 Å². The zero-order valence-electron chi connectivity index (χ0n) is 12.3. The van der Waals surface area contributed by atoms with E-state index in [0.717, 1.165) is 23.7 Å². The number of thioether (sulfide) groups is 1. The van der Waals surface area contributed by atoms with Crippen molar-refractivity contribution < 1.29 is 18.0 Å². The average Bonchev–Trinajstić information content (AvgIpc) is 2.99. The summed E-state index contributed by atoms with van der Waals surface area (Å²) in [6.45, 7) is 0.720. The van der Waals surface area contributed by atoms with E-state index in [1.807, 2.05) is 24.3 Å². The first-order valence-corrected chi connectivity index (χ1v) is 7.84. The van der Waals surface area contributed by atoms with Gasteiger partial charge in [0.15, 0.2) is 5.82 Å². The van der Waals surface area contributed by atoms with Crippen LogP contribution < -0.4 is 5.32 Å². The van der Waals surface area contributed by atoms with Gasteiger partial charge in [0.05, 0.1) is 5.75 Å². The fraction of sp³-hybridized carbons (Fsp3) is 0.357. The van der Waals surface area contributed by atoms with Gasteiger partial charge in [-0.15, -0.1) is 5.10 Å². The first-order valence-electron chi connectivity index (χ1n) is 6.85. The van der Waals surface area contributed by atoms with E-state index in [4.69, 9.17) is 0 Å². The largest absolute Gasteiger partial charge is 0.405 e. The smallest absolute Gasteiger partial charge is 0.346 e. The van der Waals surface area contributed by atoms with E-state index in [-0.39, 0.29) is 5.75 Å². The number of hydrogen-bond acceptors (Lipinski definition) is 4. The highest BCUT2D eigenvalue weighted by molar-refractivity contribution is 7.99. The maximum atomic E-state index is 12.0. The number of aryl methyl sites for hydroxylation is 1. The van der Waals surface area contributed by atoms with Crippen LogP contribution in [0.5, 0.6) is 0 Å². The van der Waals surface area contributed by atoms with Gasteiger partial charge in [0.2, 0.25) is 11.1 Å². The van der Waals surface area contributed by atoms with Gasteiger partial charge in [-0.2, -0.15) is 13.2 Å². The highest BCUT2D eigenvalue weighted by Gasteiger charge is 2.27. The summed E-state index contributed by atoms with van der Waals surface area (Å²) in [6.07, 6.45) is -3.48. The Bertz CT molecular complexity index is 655. The fourth-order valence-electron chi connectivity index (χ4n) is 1.72. The number of nitrogens with one attached hydrogen (secondary N) is 2. The van der Waals surface area contributed by atoms with Gasteiger partial charge in [-0.3, -0.25) is 9.89 Å². The van der Waals surface area contributed by atoms with Crippen molar-refractivity contribution in [3.05, 3.63) is 29.8 Å². The van der Waals surface area contributed by atoms with Crippen molar-refractivity contribution in [2.75, 3.05) is 12.3 Å². The van der Waals surface area contributed by atoms with E-state index < -0.39 is 18.6 Å². The fourth-order valence-corrected chi connectivity index (χ4v) is 2.35. The monoisotopic (exact) mass is 344 g/mol. The van der Waals surface area contributed by atoms with Crippen molar-refractivity contribution in [2.24, 2.45) is 0 Å². The lowest BCUT2D eigenvalue weighted by Crippen LogP contribution is -2.34. The van der Waals surface area contributed by atoms with Gasteiger partial charge in [0.25, 0.3) is 0 Å². The molecule has 2 rings (SSSR count). The number of alkyl halides is 3. The second kappa shape index (κ2) is 7.49. The molecule has 0 aliphatic heterocycles. The number of amides is 1. The zero-order valence-corrected chi connectivity index (χ0v) is 13.1. The Morgan fingerprint density at radius 3 is 2.61 bits per heavy atom. The normalized spacial score (nSPS) is 11.5. The number of carbonyl (C=O) groups is 1. The van der Waals surface area contributed by atoms with Gasteiger partial charge < -0.3 is 5.32 Å². The van der Waals surface area contributed by atoms with E-state index in [0.29, 0.717) is 11.0 Å². The zero-order chi connectivity index (χ0) is 16.9. The lowest BCUT2D eigenvalue weighted by atomic mass is 10.1. The van der Waals surface area contributed by atoms with Crippen LogP contribution in [0.15, 0.2) is 29.4 Å². The molecule has 0 saturated heterocycles. The first-order chi connectivity index (χ1) is 10.9. The van der Waals surface area contributed by atoms with Crippen LogP contribution in [0.3, 0.4) is 0 Å². The van der Waals surface area contributed by atoms with Gasteiger partial charge in [-0.05, 0) is 12.0 Å². The van der Waals surface area contributed by atoms with E-state index in [1.54, 1.807) is 5.32 Å². The maximum absolute atomic E-state index is 12.0. The van der Waals surface area contributed by atoms with Crippen LogP contribution in [0.25, 0.3) is 11.4 Å². The van der Waals surface area contributed by atoms with Crippen LogP contribution in [-0.2, 0) is 11.2 Å². The molecule has 5 nitrogen and oxygen atoms in total. The molecule has 1 aromatic carbocycles. The molecule has 0 aliphatic rings. The quantitative estimate of drug-likeness (QED) is 0.791. The predicted octanol–water partition coefficient (Wildman–Crippen LogP) is 2.80. The molecule has 0 atom stereocenters. The molecule has 0 fully saturated rings. The van der Waals surface area contributed by atoms with Gasteiger partial charge in [0, 0.05) is 5.56 Å². The highest BCUT2D eigenvalue weighted by atomic mass is 32.2. The Balaban J connectivity index is 1.88. The van der Waals surface area contributed by atoms with Crippen molar-refractivity contribution in [3.8, 4) is 11.4 Å². The van der Waals surface area contributed by atoms with E-state index >= 15 is 0 Å². The molecule has 1 amide bonds. The van der Waals surface area contributed by atoms with Gasteiger partial charge >= 0.3 is 6.18 Å². The number of aromatic nitrogens is 3. The number of halogens is 3. The van der Waals surface area contributed by atoms with Crippen molar-refractivity contribution >= 4 is 17.7 Å². The number of hydrogen-bond donors (Lipinski definition) is 2. The number of nitrogens with zero attached hydrogens (tertiary/aromatic N) is 2. The molecule has 0 aliphatic carbocycles. The summed E-state index contributed by atoms with van der Waals surface area (Å²) in [6, 6.07) is 7.78. The number of benzene rings is 1. The van der Waals surface area contributed by atoms with E-state index in [9.17, 15) is 18.0 Å². The van der Waals surface area contributed by atoms with Crippen molar-refractivity contribution in [1.82, 2.24) is 20.5 Å². The number of aromatic amines is 1. The molecule has 2 N–H and O–H groups in total. The molecule has 1 heterocycles. The van der Waals surface area contributed by atoms with Crippen LogP contribution in [0, 0.1) is 0 Å². The molecule has 0 bridgehead atoms. The first kappa shape index (κ1) is 17.3. The van der Waals surface area contributed by atoms with E-state index in [1.165, 1.54) is 5.56 Å². The third-order valence-electron chi connectivity index (χ3n) is 2.92. The maximum Gasteiger partial charge on any atom is 0.405 e. The standard InChI is InChI=1S/C14H15F3N4OS/c1-2-9-3-5-10(6-4-9)12-19-13(21-20-12)23-7-11(22)18-8-14(15,16)17/h3-6H,2,7-8H2,1H3,(H,18,22)(H,19,20,21). The minimum atomic E-state index is -4.41. The molecule has 0 radical (unpaired) electrons. The van der Waals surface area contributed by atoms with Gasteiger partial charge in [0.1, 0.15) is 6.54 Å². The van der Waals surface area contributed by atoms with Crippen molar-refractivity contribution in [1.29, 1.82) is 0 Å². The summed E-state index contributed by atoms with van der Waals surface area (Å²) < 4.78 is 35.9. The Labute approximate surface area is 135 Å². The average molecular weight is 344 g/mol. The second-order valence-electron chi connectivity index (χ2n) is 4.70. The van der Waals surface area contributed by atoms with E-state index in [2.05, 4.69) is 22.1 Å². The molecule has 23 heavy (non-hydrogen) atoms. The Morgan fingerprint density at radius 2 is 2.00 bits per heavy atom. The summed E-state index contributed by atoms with van der Waals surface area (Å²) in [5.74, 6) is -0.348. The minimum absolute atomic E-state index is 0.178. The van der Waals surface area contributed by atoms with Crippen LogP contribution >= 0.6 is 11.8 Å². The lowest BCUT2D eigenvalue weighted by Gasteiger charge is -2.07. The molecular weight excluding hydrogens is 329 g/mol. The predicted molar refractivity (Wildman–Crippen MR) is 81.0 cm³/mol. The summed E-state index contributed by atoms with van der Waals surface area (Å²) in [4.78, 5) is 15.5. The SMILES string of the molecule is CCc1ccc(-c2nc(SCC(=O)NCC(F)(F)F)n[nH]2)cc1. The van der Waals surface area contributed by atoms with Crippen LogP contribution in [0.2, 0.25) is 0 Å². The molecular formula is C14H15F3N4OS. The summed E-state index contributed by atoms with van der Waals surface area (Å²) in [5, 5.41) is 8.79. The Kier molecular flexibility index (Phi) is 5.64. The Hall–Kier alpha value is -2.03. The minimum Gasteiger partial charge on any atom is -0.346 e. The second-order valence-corrected chi connectivity index (χ2v) is 5.64. The summed E-state index contributed by atoms with van der Waals surface area (Å²) in [5.41, 5.74) is 2.05. The number of carbonyl (C=O) groups excluding carboxylic acids is 1. The van der Waals surface area contributed by atoms with Gasteiger partial charge in [-0.25, -0.2) is 4.98 Å².